The maximum atomic E-state index is 13.8. The van der Waals surface area contributed by atoms with Gasteiger partial charge in [-0.15, -0.1) is 11.4 Å². The summed E-state index contributed by atoms with van der Waals surface area (Å²) in [6.07, 6.45) is 1.24. The van der Waals surface area contributed by atoms with Crippen LogP contribution in [0.5, 0.6) is 0 Å². The number of hydrogen-bond acceptors (Lipinski definition) is 4. The first-order valence-electron chi connectivity index (χ1n) is 7.73. The summed E-state index contributed by atoms with van der Waals surface area (Å²) in [5.41, 5.74) is 0.982. The van der Waals surface area contributed by atoms with Gasteiger partial charge in [-0.3, -0.25) is 0 Å². The monoisotopic (exact) mass is 448 g/mol. The van der Waals surface area contributed by atoms with Crippen molar-refractivity contribution < 1.29 is 27.1 Å². The molecule has 1 aromatic carbocycles. The van der Waals surface area contributed by atoms with Crippen LogP contribution in [0.15, 0.2) is 17.0 Å². The zero-order chi connectivity index (χ0) is 19.8. The standard InChI is InChI=1S/C16H18F5OPS3/c1-7(2)8-4-5-16(3,9(22)6-8)26-23(24)25-15-13(20)11(18)10(17)12(19)14(15)21/h8-9,22-23H,1,4-6H2,2-3H3/t8-,9+,16+/m0/s1. The molecule has 0 amide bonds. The number of allylic oxidation sites excluding steroid dienone is 1. The lowest BCUT2D eigenvalue weighted by Crippen LogP contribution is -2.41. The van der Waals surface area contributed by atoms with Gasteiger partial charge in [-0.2, -0.15) is 0 Å². The molecule has 0 saturated heterocycles. The van der Waals surface area contributed by atoms with Crippen molar-refractivity contribution >= 4 is 39.7 Å². The Morgan fingerprint density at radius 3 is 2.12 bits per heavy atom. The Labute approximate surface area is 162 Å². The largest absolute Gasteiger partial charge is 0.392 e. The highest BCUT2D eigenvalue weighted by atomic mass is 33.2. The van der Waals surface area contributed by atoms with Crippen LogP contribution in [-0.4, -0.2) is 16.0 Å². The summed E-state index contributed by atoms with van der Waals surface area (Å²) >= 11 is 6.96. The predicted molar refractivity (Wildman–Crippen MR) is 102 cm³/mol. The second kappa shape index (κ2) is 8.52. The first-order valence-corrected chi connectivity index (χ1v) is 13.4. The van der Waals surface area contributed by atoms with E-state index in [4.69, 9.17) is 11.8 Å². The number of halogens is 5. The summed E-state index contributed by atoms with van der Waals surface area (Å²) in [5, 5.41) is 8.42. The van der Waals surface area contributed by atoms with Gasteiger partial charge < -0.3 is 5.11 Å². The first-order chi connectivity index (χ1) is 12.0. The molecule has 146 valence electrons. The molecule has 0 aromatic heterocycles. The summed E-state index contributed by atoms with van der Waals surface area (Å²) in [7, 11) is 0. The molecule has 0 radical (unpaired) electrons. The molecule has 26 heavy (non-hydrogen) atoms. The Balaban J connectivity index is 2.16. The minimum Gasteiger partial charge on any atom is -0.392 e. The second-order valence-corrected chi connectivity index (χ2v) is 16.0. The van der Waals surface area contributed by atoms with Crippen molar-refractivity contribution in [3.8, 4) is 0 Å². The van der Waals surface area contributed by atoms with Crippen molar-refractivity contribution in [3.63, 3.8) is 0 Å². The molecule has 1 aromatic rings. The van der Waals surface area contributed by atoms with Gasteiger partial charge in [0.05, 0.1) is 16.1 Å². The Morgan fingerprint density at radius 1 is 1.15 bits per heavy atom. The van der Waals surface area contributed by atoms with Gasteiger partial charge in [-0.05, 0) is 39.0 Å². The van der Waals surface area contributed by atoms with E-state index in [2.05, 4.69) is 6.58 Å². The van der Waals surface area contributed by atoms with Crippen LogP contribution in [0.2, 0.25) is 0 Å². The van der Waals surface area contributed by atoms with Crippen LogP contribution in [0.25, 0.3) is 0 Å². The first kappa shape index (κ1) is 22.2. The van der Waals surface area contributed by atoms with Crippen LogP contribution < -0.4 is 0 Å². The Bertz CT molecular complexity index is 731. The lowest BCUT2D eigenvalue weighted by atomic mass is 9.77. The molecule has 10 heteroatoms. The summed E-state index contributed by atoms with van der Waals surface area (Å²) in [6, 6.07) is 0. The second-order valence-electron chi connectivity index (χ2n) is 6.50. The maximum absolute atomic E-state index is 13.8. The number of aliphatic hydroxyl groups excluding tert-OH is 1. The smallest absolute Gasteiger partial charge is 0.200 e. The van der Waals surface area contributed by atoms with Crippen LogP contribution in [0.4, 0.5) is 22.0 Å². The van der Waals surface area contributed by atoms with Crippen molar-refractivity contribution in [1.29, 1.82) is 0 Å². The molecule has 2 rings (SSSR count). The quantitative estimate of drug-likeness (QED) is 0.190. The molecule has 0 aliphatic heterocycles. The van der Waals surface area contributed by atoms with Gasteiger partial charge in [0.1, 0.15) is 0 Å². The average Bonchev–Trinajstić information content (AvgIpc) is 2.57. The fourth-order valence-electron chi connectivity index (χ4n) is 2.80. The molecule has 1 nitrogen and oxygen atoms in total. The highest BCUT2D eigenvalue weighted by Gasteiger charge is 2.41. The van der Waals surface area contributed by atoms with Gasteiger partial charge in [0, 0.05) is 4.75 Å². The normalized spacial score (nSPS) is 27.4. The van der Waals surface area contributed by atoms with Crippen molar-refractivity contribution in [3.05, 3.63) is 41.2 Å². The van der Waals surface area contributed by atoms with Crippen molar-refractivity contribution in [1.82, 2.24) is 0 Å². The summed E-state index contributed by atoms with van der Waals surface area (Å²) < 4.78 is 66.8. The van der Waals surface area contributed by atoms with Gasteiger partial charge in [0.15, 0.2) is 23.3 Å². The van der Waals surface area contributed by atoms with Gasteiger partial charge in [0.25, 0.3) is 0 Å². The molecule has 0 bridgehead atoms. The third-order valence-electron chi connectivity index (χ3n) is 4.57. The molecule has 0 heterocycles. The molecular weight excluding hydrogens is 430 g/mol. The predicted octanol–water partition coefficient (Wildman–Crippen LogP) is 6.21. The third kappa shape index (κ3) is 4.49. The van der Waals surface area contributed by atoms with Crippen molar-refractivity contribution in [2.75, 3.05) is 0 Å². The van der Waals surface area contributed by atoms with E-state index >= 15 is 0 Å². The zero-order valence-corrected chi connectivity index (χ0v) is 17.5. The van der Waals surface area contributed by atoms with Crippen LogP contribution in [-0.2, 0) is 11.8 Å². The maximum Gasteiger partial charge on any atom is 0.200 e. The summed E-state index contributed by atoms with van der Waals surface area (Å²) in [6.45, 7) is 7.61. The average molecular weight is 448 g/mol. The Kier molecular flexibility index (Phi) is 7.27. The van der Waals surface area contributed by atoms with Crippen LogP contribution in [0, 0.1) is 35.0 Å². The Morgan fingerprint density at radius 2 is 1.65 bits per heavy atom. The van der Waals surface area contributed by atoms with Gasteiger partial charge in [0.2, 0.25) is 5.82 Å². The molecule has 1 aliphatic rings. The number of aliphatic hydroxyl groups is 1. The van der Waals surface area contributed by atoms with Crippen LogP contribution in [0.1, 0.15) is 33.1 Å². The van der Waals surface area contributed by atoms with E-state index < -0.39 is 49.9 Å². The van der Waals surface area contributed by atoms with Gasteiger partial charge in [-0.1, -0.05) is 35.3 Å². The molecule has 1 N–H and O–H groups in total. The highest BCUT2D eigenvalue weighted by molar-refractivity contribution is 8.94. The van der Waals surface area contributed by atoms with E-state index in [-0.39, 0.29) is 5.92 Å². The van der Waals surface area contributed by atoms with E-state index in [1.807, 2.05) is 13.8 Å². The molecule has 0 spiro atoms. The van der Waals surface area contributed by atoms with Crippen LogP contribution >= 0.6 is 27.9 Å². The number of rotatable bonds is 5. The molecule has 1 unspecified atom stereocenters. The minimum atomic E-state index is -2.18. The van der Waals surface area contributed by atoms with Crippen molar-refractivity contribution in [2.24, 2.45) is 5.92 Å². The summed E-state index contributed by atoms with van der Waals surface area (Å²) in [5.74, 6) is -9.67. The molecule has 1 aliphatic carbocycles. The molecular formula is C16H18F5OPS3. The van der Waals surface area contributed by atoms with Crippen LogP contribution in [0.3, 0.4) is 0 Å². The Hall–Kier alpha value is -0.0800. The molecule has 1 saturated carbocycles. The topological polar surface area (TPSA) is 20.2 Å². The fourth-order valence-corrected chi connectivity index (χ4v) is 12.5. The van der Waals surface area contributed by atoms with Gasteiger partial charge in [-0.25, -0.2) is 22.0 Å². The fraction of sp³-hybridized carbons (Fsp3) is 0.500. The number of hydrogen-bond donors (Lipinski definition) is 1. The minimum absolute atomic E-state index is 0.197. The lowest BCUT2D eigenvalue weighted by Gasteiger charge is -2.41. The van der Waals surface area contributed by atoms with E-state index in [1.54, 1.807) is 0 Å². The third-order valence-corrected chi connectivity index (χ3v) is 12.4. The van der Waals surface area contributed by atoms with E-state index in [1.165, 1.54) is 11.4 Å². The van der Waals surface area contributed by atoms with Crippen molar-refractivity contribution in [2.45, 2.75) is 48.9 Å². The molecule has 4 atom stereocenters. The summed E-state index contributed by atoms with van der Waals surface area (Å²) in [4.78, 5) is -0.952. The SMILES string of the molecule is C=C(C)[C@H]1CC[C@@](C)(S[PH](=S)Sc2c(F)c(F)c(F)c(F)c2F)[C@H](O)C1. The van der Waals surface area contributed by atoms with E-state index in [0.717, 1.165) is 12.0 Å². The van der Waals surface area contributed by atoms with Gasteiger partial charge >= 0.3 is 0 Å². The van der Waals surface area contributed by atoms with E-state index in [9.17, 15) is 27.1 Å². The molecule has 1 fully saturated rings. The number of benzene rings is 1. The van der Waals surface area contributed by atoms with E-state index in [0.29, 0.717) is 24.2 Å². The highest BCUT2D eigenvalue weighted by Crippen LogP contribution is 2.63. The zero-order valence-electron chi connectivity index (χ0n) is 14.0. The lowest BCUT2D eigenvalue weighted by molar-refractivity contribution is 0.0804.